The van der Waals surface area contributed by atoms with Crippen molar-refractivity contribution in [3.8, 4) is 0 Å². The molecule has 5 nitrogen and oxygen atoms in total. The Kier molecular flexibility index (Phi) is 4.99. The highest BCUT2D eigenvalue weighted by Crippen LogP contribution is 2.31. The van der Waals surface area contributed by atoms with Crippen molar-refractivity contribution in [1.29, 1.82) is 0 Å². The summed E-state index contributed by atoms with van der Waals surface area (Å²) in [4.78, 5) is 13.7. The highest BCUT2D eigenvalue weighted by Gasteiger charge is 2.45. The largest absolute Gasteiger partial charge is 0.404 e. The van der Waals surface area contributed by atoms with E-state index in [2.05, 4.69) is 10.4 Å². The molecule has 0 aromatic carbocycles. The fraction of sp³-hybridized carbons (Fsp3) is 0.750. The van der Waals surface area contributed by atoms with Gasteiger partial charge in [-0.2, -0.15) is 18.3 Å². The molecule has 1 amide bonds. The summed E-state index contributed by atoms with van der Waals surface area (Å²) in [5.74, 6) is -0.302. The van der Waals surface area contributed by atoms with E-state index in [0.717, 1.165) is 5.69 Å². The SMILES string of the molecule is CN1C[C@H](NC(=O)c2cc(C(C)(C)C)nn2C)CC[C@@H]1C(F)(F)F. The summed E-state index contributed by atoms with van der Waals surface area (Å²) in [6.07, 6.45) is -3.93. The first-order valence-electron chi connectivity index (χ1n) is 8.02. The van der Waals surface area contributed by atoms with Gasteiger partial charge < -0.3 is 5.32 Å². The lowest BCUT2D eigenvalue weighted by Crippen LogP contribution is -2.54. The zero-order valence-electron chi connectivity index (χ0n) is 14.7. The summed E-state index contributed by atoms with van der Waals surface area (Å²) in [5.41, 5.74) is 1.04. The number of nitrogens with one attached hydrogen (secondary N) is 1. The number of aryl methyl sites for hydroxylation is 1. The predicted molar refractivity (Wildman–Crippen MR) is 84.9 cm³/mol. The second-order valence-corrected chi connectivity index (χ2v) is 7.53. The van der Waals surface area contributed by atoms with Gasteiger partial charge in [-0.1, -0.05) is 20.8 Å². The molecule has 1 fully saturated rings. The standard InChI is InChI=1S/C16H25F3N4O/c1-15(2,3)12-8-11(23(5)21-12)14(24)20-10-6-7-13(16(17,18)19)22(4)9-10/h8,10,13H,6-7,9H2,1-5H3,(H,20,24)/t10-,13-/m1/s1. The van der Waals surface area contributed by atoms with E-state index in [0.29, 0.717) is 12.1 Å². The van der Waals surface area contributed by atoms with Gasteiger partial charge in [0.05, 0.1) is 5.69 Å². The molecule has 1 aliphatic heterocycles. The monoisotopic (exact) mass is 346 g/mol. The van der Waals surface area contributed by atoms with Crippen molar-refractivity contribution in [2.75, 3.05) is 13.6 Å². The van der Waals surface area contributed by atoms with Crippen molar-refractivity contribution in [3.63, 3.8) is 0 Å². The minimum absolute atomic E-state index is 0.0103. The molecule has 2 atom stereocenters. The summed E-state index contributed by atoms with van der Waals surface area (Å²) in [6.45, 7) is 6.19. The molecule has 0 spiro atoms. The van der Waals surface area contributed by atoms with E-state index in [1.165, 1.54) is 16.6 Å². The van der Waals surface area contributed by atoms with Crippen molar-refractivity contribution in [2.24, 2.45) is 7.05 Å². The average molecular weight is 346 g/mol. The molecule has 1 saturated heterocycles. The maximum absolute atomic E-state index is 12.9. The molecular weight excluding hydrogens is 321 g/mol. The molecular formula is C16H25F3N4O. The Bertz CT molecular complexity index is 603. The number of halogens is 3. The van der Waals surface area contributed by atoms with Gasteiger partial charge in [-0.05, 0) is 26.0 Å². The van der Waals surface area contributed by atoms with Crippen LogP contribution in [0.5, 0.6) is 0 Å². The fourth-order valence-electron chi connectivity index (χ4n) is 2.98. The normalized spacial score (nSPS) is 23.3. The van der Waals surface area contributed by atoms with Crippen LogP contribution in [0.25, 0.3) is 0 Å². The average Bonchev–Trinajstić information content (AvgIpc) is 2.79. The minimum atomic E-state index is -4.23. The van der Waals surface area contributed by atoms with Gasteiger partial charge in [0.25, 0.3) is 5.91 Å². The first-order chi connectivity index (χ1) is 10.9. The number of alkyl halides is 3. The van der Waals surface area contributed by atoms with Crippen LogP contribution in [0.3, 0.4) is 0 Å². The number of carbonyl (C=O) groups excluding carboxylic acids is 1. The maximum atomic E-state index is 12.9. The molecule has 2 heterocycles. The van der Waals surface area contributed by atoms with Crippen LogP contribution in [0.15, 0.2) is 6.07 Å². The van der Waals surface area contributed by atoms with Gasteiger partial charge in [-0.25, -0.2) is 0 Å². The summed E-state index contributed by atoms with van der Waals surface area (Å²) >= 11 is 0. The molecule has 2 rings (SSSR count). The highest BCUT2D eigenvalue weighted by molar-refractivity contribution is 5.92. The van der Waals surface area contributed by atoms with Crippen LogP contribution in [-0.2, 0) is 12.5 Å². The molecule has 136 valence electrons. The lowest BCUT2D eigenvalue weighted by molar-refractivity contribution is -0.188. The van der Waals surface area contributed by atoms with Crippen LogP contribution >= 0.6 is 0 Å². The van der Waals surface area contributed by atoms with Crippen LogP contribution in [0.2, 0.25) is 0 Å². The number of aromatic nitrogens is 2. The first-order valence-corrected chi connectivity index (χ1v) is 8.02. The molecule has 1 aromatic rings. The van der Waals surface area contributed by atoms with E-state index in [4.69, 9.17) is 0 Å². The summed E-state index contributed by atoms with van der Waals surface area (Å²) < 4.78 is 40.1. The van der Waals surface area contributed by atoms with Gasteiger partial charge in [-0.15, -0.1) is 0 Å². The van der Waals surface area contributed by atoms with Crippen molar-refractivity contribution in [1.82, 2.24) is 20.0 Å². The Hall–Kier alpha value is -1.57. The molecule has 0 bridgehead atoms. The van der Waals surface area contributed by atoms with E-state index in [1.54, 1.807) is 13.1 Å². The number of amides is 1. The van der Waals surface area contributed by atoms with Crippen molar-refractivity contribution in [2.45, 2.75) is 57.3 Å². The fourth-order valence-corrected chi connectivity index (χ4v) is 2.98. The zero-order chi connectivity index (χ0) is 18.3. The van der Waals surface area contributed by atoms with Crippen LogP contribution in [0.4, 0.5) is 13.2 Å². The van der Waals surface area contributed by atoms with Crippen LogP contribution in [0.1, 0.15) is 49.8 Å². The second-order valence-electron chi connectivity index (χ2n) is 7.53. The van der Waals surface area contributed by atoms with Gasteiger partial charge in [0.1, 0.15) is 11.7 Å². The number of carbonyl (C=O) groups is 1. The van der Waals surface area contributed by atoms with E-state index < -0.39 is 12.2 Å². The molecule has 0 unspecified atom stereocenters. The molecule has 0 saturated carbocycles. The van der Waals surface area contributed by atoms with Gasteiger partial charge in [0, 0.05) is 25.0 Å². The number of hydrogen-bond donors (Lipinski definition) is 1. The Morgan fingerprint density at radius 2 is 1.88 bits per heavy atom. The van der Waals surface area contributed by atoms with Gasteiger partial charge in [0.2, 0.25) is 0 Å². The summed E-state index contributed by atoms with van der Waals surface area (Å²) in [7, 11) is 3.13. The molecule has 8 heteroatoms. The number of rotatable bonds is 2. The molecule has 1 aliphatic rings. The lowest BCUT2D eigenvalue weighted by Gasteiger charge is -2.38. The van der Waals surface area contributed by atoms with Crippen molar-refractivity contribution >= 4 is 5.91 Å². The van der Waals surface area contributed by atoms with E-state index in [-0.39, 0.29) is 30.3 Å². The number of likely N-dealkylation sites (N-methyl/N-ethyl adjacent to an activating group) is 1. The van der Waals surface area contributed by atoms with E-state index in [1.807, 2.05) is 20.8 Å². The molecule has 0 radical (unpaired) electrons. The number of piperidine rings is 1. The Balaban J connectivity index is 2.03. The quantitative estimate of drug-likeness (QED) is 0.895. The van der Waals surface area contributed by atoms with Crippen LogP contribution in [0, 0.1) is 0 Å². The molecule has 0 aliphatic carbocycles. The summed E-state index contributed by atoms with van der Waals surface area (Å²) in [5, 5.41) is 7.19. The van der Waals surface area contributed by atoms with Gasteiger partial charge >= 0.3 is 6.18 Å². The highest BCUT2D eigenvalue weighted by atomic mass is 19.4. The second kappa shape index (κ2) is 6.38. The Labute approximate surface area is 140 Å². The number of hydrogen-bond acceptors (Lipinski definition) is 3. The van der Waals surface area contributed by atoms with Crippen molar-refractivity contribution < 1.29 is 18.0 Å². The van der Waals surface area contributed by atoms with E-state index in [9.17, 15) is 18.0 Å². The molecule has 1 N–H and O–H groups in total. The Morgan fingerprint density at radius 3 is 2.33 bits per heavy atom. The number of likely N-dealkylation sites (tertiary alicyclic amines) is 1. The number of nitrogens with zero attached hydrogens (tertiary/aromatic N) is 3. The summed E-state index contributed by atoms with van der Waals surface area (Å²) in [6, 6.07) is 0.00403. The molecule has 1 aromatic heterocycles. The topological polar surface area (TPSA) is 50.2 Å². The van der Waals surface area contributed by atoms with Gasteiger partial charge in [-0.3, -0.25) is 14.4 Å². The van der Waals surface area contributed by atoms with Crippen LogP contribution in [-0.4, -0.2) is 52.4 Å². The minimum Gasteiger partial charge on any atom is -0.347 e. The van der Waals surface area contributed by atoms with Gasteiger partial charge in [0.15, 0.2) is 0 Å². The Morgan fingerprint density at radius 1 is 1.25 bits per heavy atom. The lowest BCUT2D eigenvalue weighted by atomic mass is 9.92. The van der Waals surface area contributed by atoms with E-state index >= 15 is 0 Å². The maximum Gasteiger partial charge on any atom is 0.404 e. The smallest absolute Gasteiger partial charge is 0.347 e. The van der Waals surface area contributed by atoms with Crippen LogP contribution < -0.4 is 5.32 Å². The predicted octanol–water partition coefficient (Wildman–Crippen LogP) is 2.47. The first kappa shape index (κ1) is 18.8. The third-order valence-electron chi connectivity index (χ3n) is 4.42. The third-order valence-corrected chi connectivity index (χ3v) is 4.42. The van der Waals surface area contributed by atoms with Crippen molar-refractivity contribution in [3.05, 3.63) is 17.5 Å². The zero-order valence-corrected chi connectivity index (χ0v) is 14.7. The third kappa shape index (κ3) is 4.09. The molecule has 24 heavy (non-hydrogen) atoms.